The van der Waals surface area contributed by atoms with Crippen LogP contribution in [-0.2, 0) is 4.79 Å². The van der Waals surface area contributed by atoms with Crippen molar-refractivity contribution in [3.63, 3.8) is 0 Å². The molecule has 0 saturated heterocycles. The minimum atomic E-state index is 0.251. The number of amides is 1. The highest BCUT2D eigenvalue weighted by molar-refractivity contribution is 5.81. The van der Waals surface area contributed by atoms with Crippen LogP contribution in [0.1, 0.15) is 39.5 Å². The Morgan fingerprint density at radius 1 is 1.53 bits per heavy atom. The molecular weight excluding hydrogens is 188 g/mol. The molecule has 1 fully saturated rings. The Hall–Kier alpha value is -0.570. The van der Waals surface area contributed by atoms with E-state index >= 15 is 0 Å². The molecule has 1 aliphatic rings. The van der Waals surface area contributed by atoms with Crippen LogP contribution in [0.4, 0.5) is 0 Å². The molecule has 3 N–H and O–H groups in total. The maximum absolute atomic E-state index is 11.6. The van der Waals surface area contributed by atoms with E-state index in [1.54, 1.807) is 0 Å². The minimum absolute atomic E-state index is 0.251. The molecule has 0 aromatic rings. The van der Waals surface area contributed by atoms with Gasteiger partial charge in [-0.15, -0.1) is 0 Å². The average Bonchev–Trinajstić information content (AvgIpc) is 2.92. The third-order valence-corrected chi connectivity index (χ3v) is 3.28. The lowest BCUT2D eigenvalue weighted by Crippen LogP contribution is -2.31. The lowest BCUT2D eigenvalue weighted by Gasteiger charge is -2.15. The van der Waals surface area contributed by atoms with Crippen molar-refractivity contribution < 1.29 is 4.79 Å². The van der Waals surface area contributed by atoms with E-state index in [9.17, 15) is 4.79 Å². The SMILES string of the molecule is CCCC(CCN)CNC(=O)C1CC1C. The fraction of sp³-hybridized carbons (Fsp3) is 0.917. The van der Waals surface area contributed by atoms with E-state index in [0.29, 0.717) is 17.8 Å². The van der Waals surface area contributed by atoms with E-state index in [1.165, 1.54) is 6.42 Å². The van der Waals surface area contributed by atoms with Gasteiger partial charge in [-0.05, 0) is 37.6 Å². The standard InChI is InChI=1S/C12H24N2O/c1-3-4-10(5-6-13)8-14-12(15)11-7-9(11)2/h9-11H,3-8,13H2,1-2H3,(H,14,15). The molecule has 3 heteroatoms. The van der Waals surface area contributed by atoms with E-state index in [0.717, 1.165) is 32.4 Å². The predicted molar refractivity (Wildman–Crippen MR) is 62.4 cm³/mol. The maximum atomic E-state index is 11.6. The quantitative estimate of drug-likeness (QED) is 0.672. The van der Waals surface area contributed by atoms with Crippen LogP contribution >= 0.6 is 0 Å². The molecule has 15 heavy (non-hydrogen) atoms. The van der Waals surface area contributed by atoms with Gasteiger partial charge in [-0.3, -0.25) is 4.79 Å². The Morgan fingerprint density at radius 2 is 2.20 bits per heavy atom. The Bertz CT molecular complexity index is 200. The van der Waals surface area contributed by atoms with E-state index < -0.39 is 0 Å². The van der Waals surface area contributed by atoms with Crippen LogP contribution in [0.2, 0.25) is 0 Å². The predicted octanol–water partition coefficient (Wildman–Crippen LogP) is 1.52. The zero-order chi connectivity index (χ0) is 11.3. The molecule has 1 saturated carbocycles. The highest BCUT2D eigenvalue weighted by atomic mass is 16.2. The number of hydrogen-bond acceptors (Lipinski definition) is 2. The number of nitrogens with one attached hydrogen (secondary N) is 1. The first kappa shape index (κ1) is 12.5. The van der Waals surface area contributed by atoms with Crippen molar-refractivity contribution in [2.45, 2.75) is 39.5 Å². The van der Waals surface area contributed by atoms with Crippen molar-refractivity contribution in [2.75, 3.05) is 13.1 Å². The monoisotopic (exact) mass is 212 g/mol. The van der Waals surface area contributed by atoms with Crippen molar-refractivity contribution >= 4 is 5.91 Å². The normalized spacial score (nSPS) is 26.1. The van der Waals surface area contributed by atoms with Crippen molar-refractivity contribution in [3.05, 3.63) is 0 Å². The average molecular weight is 212 g/mol. The third-order valence-electron chi connectivity index (χ3n) is 3.28. The van der Waals surface area contributed by atoms with Crippen LogP contribution in [-0.4, -0.2) is 19.0 Å². The molecule has 0 spiro atoms. The highest BCUT2D eigenvalue weighted by Crippen LogP contribution is 2.37. The molecule has 3 nitrogen and oxygen atoms in total. The van der Waals surface area contributed by atoms with Gasteiger partial charge >= 0.3 is 0 Å². The van der Waals surface area contributed by atoms with Gasteiger partial charge in [0.05, 0.1) is 0 Å². The Labute approximate surface area is 92.8 Å². The van der Waals surface area contributed by atoms with E-state index in [4.69, 9.17) is 5.73 Å². The summed E-state index contributed by atoms with van der Waals surface area (Å²) >= 11 is 0. The first-order chi connectivity index (χ1) is 7.19. The molecule has 0 bridgehead atoms. The lowest BCUT2D eigenvalue weighted by molar-refractivity contribution is -0.122. The van der Waals surface area contributed by atoms with E-state index in [-0.39, 0.29) is 5.91 Å². The Balaban J connectivity index is 2.17. The zero-order valence-electron chi connectivity index (χ0n) is 9.96. The van der Waals surface area contributed by atoms with E-state index in [1.807, 2.05) is 0 Å². The van der Waals surface area contributed by atoms with Crippen LogP contribution < -0.4 is 11.1 Å². The van der Waals surface area contributed by atoms with Gasteiger partial charge in [0.25, 0.3) is 0 Å². The lowest BCUT2D eigenvalue weighted by atomic mass is 10.00. The zero-order valence-corrected chi connectivity index (χ0v) is 9.96. The van der Waals surface area contributed by atoms with Gasteiger partial charge in [0.15, 0.2) is 0 Å². The maximum Gasteiger partial charge on any atom is 0.223 e. The summed E-state index contributed by atoms with van der Waals surface area (Å²) in [5.41, 5.74) is 5.55. The van der Waals surface area contributed by atoms with Crippen LogP contribution in [0, 0.1) is 17.8 Å². The molecule has 1 aliphatic carbocycles. The Morgan fingerprint density at radius 3 is 2.67 bits per heavy atom. The summed E-state index contributed by atoms with van der Waals surface area (Å²) in [6.45, 7) is 5.84. The smallest absolute Gasteiger partial charge is 0.223 e. The van der Waals surface area contributed by atoms with Gasteiger partial charge in [0, 0.05) is 12.5 Å². The van der Waals surface area contributed by atoms with Crippen molar-refractivity contribution in [1.82, 2.24) is 5.32 Å². The molecule has 1 rings (SSSR count). The van der Waals surface area contributed by atoms with Crippen molar-refractivity contribution in [2.24, 2.45) is 23.5 Å². The summed E-state index contributed by atoms with van der Waals surface area (Å²) in [6, 6.07) is 0. The highest BCUT2D eigenvalue weighted by Gasteiger charge is 2.38. The number of nitrogens with two attached hydrogens (primary N) is 1. The second-order valence-corrected chi connectivity index (χ2v) is 4.80. The molecule has 0 aromatic heterocycles. The van der Waals surface area contributed by atoms with Crippen LogP contribution in [0.5, 0.6) is 0 Å². The molecule has 88 valence electrons. The van der Waals surface area contributed by atoms with Gasteiger partial charge in [0.1, 0.15) is 0 Å². The molecule has 0 aromatic carbocycles. The number of rotatable bonds is 7. The number of hydrogen-bond donors (Lipinski definition) is 2. The van der Waals surface area contributed by atoms with Gasteiger partial charge in [-0.2, -0.15) is 0 Å². The van der Waals surface area contributed by atoms with Gasteiger partial charge < -0.3 is 11.1 Å². The summed E-state index contributed by atoms with van der Waals surface area (Å²) in [4.78, 5) is 11.6. The first-order valence-corrected chi connectivity index (χ1v) is 6.16. The summed E-state index contributed by atoms with van der Waals surface area (Å²) < 4.78 is 0. The van der Waals surface area contributed by atoms with Crippen LogP contribution in [0.3, 0.4) is 0 Å². The van der Waals surface area contributed by atoms with Crippen LogP contribution in [0.15, 0.2) is 0 Å². The first-order valence-electron chi connectivity index (χ1n) is 6.16. The van der Waals surface area contributed by atoms with Crippen molar-refractivity contribution in [1.29, 1.82) is 0 Å². The topological polar surface area (TPSA) is 55.1 Å². The van der Waals surface area contributed by atoms with Gasteiger partial charge in [-0.25, -0.2) is 0 Å². The molecular formula is C12H24N2O. The largest absolute Gasteiger partial charge is 0.356 e. The van der Waals surface area contributed by atoms with Gasteiger partial charge in [-0.1, -0.05) is 20.3 Å². The number of carbonyl (C=O) groups is 1. The van der Waals surface area contributed by atoms with Gasteiger partial charge in [0.2, 0.25) is 5.91 Å². The summed E-state index contributed by atoms with van der Waals surface area (Å²) in [5.74, 6) is 1.72. The third kappa shape index (κ3) is 4.20. The Kier molecular flexibility index (Phi) is 5.09. The number of carbonyl (C=O) groups excluding carboxylic acids is 1. The van der Waals surface area contributed by atoms with E-state index in [2.05, 4.69) is 19.2 Å². The van der Waals surface area contributed by atoms with Crippen LogP contribution in [0.25, 0.3) is 0 Å². The minimum Gasteiger partial charge on any atom is -0.356 e. The fourth-order valence-electron chi connectivity index (χ4n) is 2.06. The fourth-order valence-corrected chi connectivity index (χ4v) is 2.06. The molecule has 0 radical (unpaired) electrons. The molecule has 0 heterocycles. The molecule has 1 amide bonds. The van der Waals surface area contributed by atoms with Crippen molar-refractivity contribution in [3.8, 4) is 0 Å². The molecule has 0 aliphatic heterocycles. The second-order valence-electron chi connectivity index (χ2n) is 4.80. The molecule has 3 unspecified atom stereocenters. The summed E-state index contributed by atoms with van der Waals surface area (Å²) in [7, 11) is 0. The second kappa shape index (κ2) is 6.11. The molecule has 3 atom stereocenters. The summed E-state index contributed by atoms with van der Waals surface area (Å²) in [6.07, 6.45) is 4.42. The summed E-state index contributed by atoms with van der Waals surface area (Å²) in [5, 5.41) is 3.05.